The lowest BCUT2D eigenvalue weighted by Crippen LogP contribution is -2.38. The molecule has 1 aliphatic rings. The molecule has 2 rings (SSSR count). The molecule has 5 heteroatoms. The summed E-state index contributed by atoms with van der Waals surface area (Å²) in [5.41, 5.74) is 0.126. The predicted octanol–water partition coefficient (Wildman–Crippen LogP) is 1.72. The molecule has 1 fully saturated rings. The average Bonchev–Trinajstić information content (AvgIpc) is 2.34. The van der Waals surface area contributed by atoms with Crippen molar-refractivity contribution in [2.45, 2.75) is 18.9 Å². The number of carbonyl (C=O) groups is 1. The molecule has 0 aliphatic carbocycles. The summed E-state index contributed by atoms with van der Waals surface area (Å²) in [4.78, 5) is 11.9. The van der Waals surface area contributed by atoms with Gasteiger partial charge in [0, 0.05) is 11.8 Å². The summed E-state index contributed by atoms with van der Waals surface area (Å²) < 4.78 is 0. The number of phenolic OH excluding ortho intramolecular Hbond substituents is 2. The van der Waals surface area contributed by atoms with Crippen LogP contribution in [-0.2, 0) is 0 Å². The van der Waals surface area contributed by atoms with E-state index in [2.05, 4.69) is 5.32 Å². The fourth-order valence-corrected chi connectivity index (χ4v) is 2.90. The summed E-state index contributed by atoms with van der Waals surface area (Å²) in [6.07, 6.45) is 2.07. The minimum Gasteiger partial charge on any atom is -0.504 e. The van der Waals surface area contributed by atoms with Gasteiger partial charge in [-0.3, -0.25) is 4.79 Å². The topological polar surface area (TPSA) is 69.6 Å². The van der Waals surface area contributed by atoms with E-state index in [4.69, 9.17) is 0 Å². The van der Waals surface area contributed by atoms with Crippen LogP contribution in [-0.4, -0.2) is 33.7 Å². The Bertz CT molecular complexity index is 416. The maximum atomic E-state index is 11.9. The third-order valence-electron chi connectivity index (χ3n) is 2.75. The lowest BCUT2D eigenvalue weighted by Gasteiger charge is -2.22. The third kappa shape index (κ3) is 2.85. The van der Waals surface area contributed by atoms with Gasteiger partial charge in [0.25, 0.3) is 5.91 Å². The van der Waals surface area contributed by atoms with E-state index in [0.717, 1.165) is 24.3 Å². The number of carbonyl (C=O) groups excluding carboxylic acids is 1. The van der Waals surface area contributed by atoms with Crippen molar-refractivity contribution in [1.29, 1.82) is 0 Å². The van der Waals surface area contributed by atoms with E-state index in [1.54, 1.807) is 6.07 Å². The van der Waals surface area contributed by atoms with E-state index in [1.807, 2.05) is 11.8 Å². The monoisotopic (exact) mass is 253 g/mol. The van der Waals surface area contributed by atoms with E-state index in [0.29, 0.717) is 0 Å². The Balaban J connectivity index is 2.06. The van der Waals surface area contributed by atoms with E-state index in [1.165, 1.54) is 12.1 Å². The first-order chi connectivity index (χ1) is 8.18. The van der Waals surface area contributed by atoms with Crippen LogP contribution in [0, 0.1) is 0 Å². The van der Waals surface area contributed by atoms with Gasteiger partial charge in [0.05, 0.1) is 5.56 Å². The van der Waals surface area contributed by atoms with Crippen LogP contribution in [0.5, 0.6) is 11.5 Å². The zero-order valence-electron chi connectivity index (χ0n) is 9.35. The Hall–Kier alpha value is -1.36. The van der Waals surface area contributed by atoms with Crippen molar-refractivity contribution in [2.75, 3.05) is 11.5 Å². The summed E-state index contributed by atoms with van der Waals surface area (Å²) >= 11 is 1.82. The van der Waals surface area contributed by atoms with Gasteiger partial charge >= 0.3 is 0 Å². The Morgan fingerprint density at radius 1 is 1.41 bits per heavy atom. The highest BCUT2D eigenvalue weighted by Gasteiger charge is 2.19. The molecule has 1 unspecified atom stereocenters. The van der Waals surface area contributed by atoms with Crippen molar-refractivity contribution in [2.24, 2.45) is 0 Å². The molecular weight excluding hydrogens is 238 g/mol. The highest BCUT2D eigenvalue weighted by Crippen LogP contribution is 2.28. The molecule has 1 aliphatic heterocycles. The number of rotatable bonds is 2. The summed E-state index contributed by atoms with van der Waals surface area (Å²) in [6.45, 7) is 0. The maximum Gasteiger partial charge on any atom is 0.255 e. The van der Waals surface area contributed by atoms with Gasteiger partial charge < -0.3 is 15.5 Å². The second kappa shape index (κ2) is 5.31. The second-order valence-corrected chi connectivity index (χ2v) is 5.21. The SMILES string of the molecule is O=C(NC1CCCSC1)c1cccc(O)c1O. The van der Waals surface area contributed by atoms with Crippen LogP contribution in [0.4, 0.5) is 0 Å². The Kier molecular flexibility index (Phi) is 3.78. The van der Waals surface area contributed by atoms with Gasteiger partial charge in [-0.15, -0.1) is 0 Å². The molecule has 0 spiro atoms. The highest BCUT2D eigenvalue weighted by atomic mass is 32.2. The van der Waals surface area contributed by atoms with Crippen LogP contribution in [0.1, 0.15) is 23.2 Å². The zero-order valence-corrected chi connectivity index (χ0v) is 10.2. The van der Waals surface area contributed by atoms with Gasteiger partial charge in [-0.05, 0) is 30.7 Å². The molecule has 1 aromatic rings. The molecule has 1 atom stereocenters. The molecule has 0 aromatic heterocycles. The van der Waals surface area contributed by atoms with Crippen LogP contribution in [0.25, 0.3) is 0 Å². The highest BCUT2D eigenvalue weighted by molar-refractivity contribution is 7.99. The summed E-state index contributed by atoms with van der Waals surface area (Å²) in [5, 5.41) is 21.8. The Morgan fingerprint density at radius 3 is 2.94 bits per heavy atom. The van der Waals surface area contributed by atoms with Crippen molar-refractivity contribution in [3.63, 3.8) is 0 Å². The smallest absolute Gasteiger partial charge is 0.255 e. The van der Waals surface area contributed by atoms with E-state index in [-0.39, 0.29) is 29.0 Å². The number of aromatic hydroxyl groups is 2. The van der Waals surface area contributed by atoms with Gasteiger partial charge in [-0.1, -0.05) is 6.07 Å². The molecule has 3 N–H and O–H groups in total. The molecule has 1 saturated heterocycles. The number of benzene rings is 1. The van der Waals surface area contributed by atoms with Crippen LogP contribution < -0.4 is 5.32 Å². The van der Waals surface area contributed by atoms with Gasteiger partial charge in [0.1, 0.15) is 0 Å². The largest absolute Gasteiger partial charge is 0.504 e. The lowest BCUT2D eigenvalue weighted by atomic mass is 10.1. The van der Waals surface area contributed by atoms with Crippen molar-refractivity contribution < 1.29 is 15.0 Å². The van der Waals surface area contributed by atoms with E-state index in [9.17, 15) is 15.0 Å². The minimum absolute atomic E-state index is 0.126. The fourth-order valence-electron chi connectivity index (χ4n) is 1.83. The van der Waals surface area contributed by atoms with Crippen LogP contribution >= 0.6 is 11.8 Å². The Morgan fingerprint density at radius 2 is 2.24 bits per heavy atom. The Labute approximate surface area is 104 Å². The quantitative estimate of drug-likeness (QED) is 0.702. The molecule has 92 valence electrons. The van der Waals surface area contributed by atoms with Gasteiger partial charge in [0.2, 0.25) is 0 Å². The molecule has 17 heavy (non-hydrogen) atoms. The van der Waals surface area contributed by atoms with E-state index < -0.39 is 0 Å². The number of hydrogen-bond acceptors (Lipinski definition) is 4. The number of phenols is 2. The van der Waals surface area contributed by atoms with Gasteiger partial charge in [0.15, 0.2) is 11.5 Å². The van der Waals surface area contributed by atoms with Crippen LogP contribution in [0.2, 0.25) is 0 Å². The first kappa shape index (κ1) is 12.1. The molecular formula is C12H15NO3S. The van der Waals surface area contributed by atoms with Crippen molar-refractivity contribution >= 4 is 17.7 Å². The first-order valence-corrected chi connectivity index (χ1v) is 6.73. The number of amides is 1. The number of para-hydroxylation sites is 1. The molecule has 4 nitrogen and oxygen atoms in total. The molecule has 0 radical (unpaired) electrons. The molecule has 0 saturated carbocycles. The fraction of sp³-hybridized carbons (Fsp3) is 0.417. The zero-order chi connectivity index (χ0) is 12.3. The van der Waals surface area contributed by atoms with Crippen molar-refractivity contribution in [3.8, 4) is 11.5 Å². The number of hydrogen-bond donors (Lipinski definition) is 3. The lowest BCUT2D eigenvalue weighted by molar-refractivity contribution is 0.0935. The number of thioether (sulfide) groups is 1. The second-order valence-electron chi connectivity index (χ2n) is 4.06. The molecule has 1 heterocycles. The standard InChI is InChI=1S/C12H15NO3S/c14-10-5-1-4-9(11(10)15)12(16)13-8-3-2-6-17-7-8/h1,4-5,8,14-15H,2-3,6-7H2,(H,13,16). The molecule has 1 amide bonds. The first-order valence-electron chi connectivity index (χ1n) is 5.58. The summed E-state index contributed by atoms with van der Waals surface area (Å²) in [6, 6.07) is 4.55. The number of nitrogens with one attached hydrogen (secondary N) is 1. The molecule has 0 bridgehead atoms. The van der Waals surface area contributed by atoms with Crippen LogP contribution in [0.3, 0.4) is 0 Å². The summed E-state index contributed by atoms with van der Waals surface area (Å²) in [5.74, 6) is 1.10. The van der Waals surface area contributed by atoms with Gasteiger partial charge in [-0.2, -0.15) is 11.8 Å². The van der Waals surface area contributed by atoms with Crippen molar-refractivity contribution in [1.82, 2.24) is 5.32 Å². The van der Waals surface area contributed by atoms with Crippen LogP contribution in [0.15, 0.2) is 18.2 Å². The maximum absolute atomic E-state index is 11.9. The molecule has 1 aromatic carbocycles. The average molecular weight is 253 g/mol. The third-order valence-corrected chi connectivity index (χ3v) is 3.97. The van der Waals surface area contributed by atoms with Gasteiger partial charge in [-0.25, -0.2) is 0 Å². The minimum atomic E-state index is -0.353. The normalized spacial score (nSPS) is 19.9. The van der Waals surface area contributed by atoms with Crippen molar-refractivity contribution in [3.05, 3.63) is 23.8 Å². The summed E-state index contributed by atoms with van der Waals surface area (Å²) in [7, 11) is 0. The van der Waals surface area contributed by atoms with E-state index >= 15 is 0 Å². The predicted molar refractivity (Wildman–Crippen MR) is 67.6 cm³/mol.